The van der Waals surface area contributed by atoms with Gasteiger partial charge in [0, 0.05) is 25.2 Å². The van der Waals surface area contributed by atoms with E-state index in [4.69, 9.17) is 52.7 Å². The van der Waals surface area contributed by atoms with Gasteiger partial charge in [-0.25, -0.2) is 4.79 Å². The Morgan fingerprint density at radius 3 is 1.97 bits per heavy atom. The van der Waals surface area contributed by atoms with Crippen molar-refractivity contribution >= 4 is 6.09 Å². The molecule has 16 heteroatoms. The molecule has 0 aromatic heterocycles. The largest absolute Gasteiger partial charge is 0.465 e. The van der Waals surface area contributed by atoms with Gasteiger partial charge >= 0.3 is 6.09 Å². The molecule has 0 aromatic carbocycles. The zero-order valence-corrected chi connectivity index (χ0v) is 19.1. The predicted molar refractivity (Wildman–Crippen MR) is 117 cm³/mol. The average Bonchev–Trinajstić information content (AvgIpc) is 2.79. The first kappa shape index (κ1) is 28.3. The van der Waals surface area contributed by atoms with Gasteiger partial charge in [0.05, 0.1) is 30.4 Å². The van der Waals surface area contributed by atoms with Crippen LogP contribution in [0.5, 0.6) is 0 Å². The Bertz CT molecular complexity index is 711. The SMILES string of the molecule is NC[C@@H]1O[C@H](O[C@H]2[C@H](O)[C@@H](O[C@H]3O[C@@H](CNC(=O)O)[C@H](O)[C@@H](N)[C@@H]3O)[C@H](N)C[C@@H]2N)[C@@H](N)C[C@H]1O. The van der Waals surface area contributed by atoms with E-state index in [-0.39, 0.29) is 25.9 Å². The Balaban J connectivity index is 1.70. The van der Waals surface area contributed by atoms with E-state index >= 15 is 0 Å². The van der Waals surface area contributed by atoms with Crippen LogP contribution in [-0.4, -0.2) is 130 Å². The lowest BCUT2D eigenvalue weighted by atomic mass is 9.84. The van der Waals surface area contributed by atoms with E-state index in [1.807, 2.05) is 0 Å². The molecule has 35 heavy (non-hydrogen) atoms. The van der Waals surface area contributed by atoms with Crippen LogP contribution in [0, 0.1) is 0 Å². The topological polar surface area (TPSA) is 297 Å². The van der Waals surface area contributed by atoms with Crippen LogP contribution >= 0.6 is 0 Å². The van der Waals surface area contributed by atoms with E-state index in [1.165, 1.54) is 0 Å². The number of aliphatic hydroxyl groups excluding tert-OH is 4. The van der Waals surface area contributed by atoms with Crippen LogP contribution in [0.3, 0.4) is 0 Å². The maximum Gasteiger partial charge on any atom is 0.404 e. The number of rotatable bonds is 7. The van der Waals surface area contributed by atoms with Crippen molar-refractivity contribution in [1.82, 2.24) is 5.32 Å². The summed E-state index contributed by atoms with van der Waals surface area (Å²) in [5, 5.41) is 52.7. The van der Waals surface area contributed by atoms with E-state index in [0.29, 0.717) is 0 Å². The number of carbonyl (C=O) groups is 1. The first-order valence-corrected chi connectivity index (χ1v) is 11.5. The summed E-state index contributed by atoms with van der Waals surface area (Å²) in [5.41, 5.74) is 29.9. The van der Waals surface area contributed by atoms with E-state index < -0.39 is 91.7 Å². The molecule has 3 fully saturated rings. The molecular formula is C19H38N6O10. The van der Waals surface area contributed by atoms with Crippen molar-refractivity contribution < 1.29 is 49.3 Å². The second-order valence-electron chi connectivity index (χ2n) is 9.29. The van der Waals surface area contributed by atoms with Crippen molar-refractivity contribution in [3.8, 4) is 0 Å². The molecule has 0 radical (unpaired) electrons. The summed E-state index contributed by atoms with van der Waals surface area (Å²) in [4.78, 5) is 10.8. The fourth-order valence-corrected chi connectivity index (χ4v) is 4.63. The van der Waals surface area contributed by atoms with Gasteiger partial charge in [0.25, 0.3) is 0 Å². The second-order valence-corrected chi connectivity index (χ2v) is 9.29. The van der Waals surface area contributed by atoms with Gasteiger partial charge in [0.1, 0.15) is 30.5 Å². The zero-order chi connectivity index (χ0) is 26.0. The molecule has 1 aliphatic carbocycles. The minimum Gasteiger partial charge on any atom is -0.465 e. The van der Waals surface area contributed by atoms with Crippen molar-refractivity contribution in [3.05, 3.63) is 0 Å². The molecule has 2 aliphatic heterocycles. The third-order valence-electron chi connectivity index (χ3n) is 6.69. The van der Waals surface area contributed by atoms with Gasteiger partial charge in [0.2, 0.25) is 0 Å². The molecule has 16 nitrogen and oxygen atoms in total. The summed E-state index contributed by atoms with van der Waals surface area (Å²) >= 11 is 0. The Hall–Kier alpha value is -1.25. The lowest BCUT2D eigenvalue weighted by Crippen LogP contribution is -2.68. The normalized spacial score (nSPS) is 48.9. The van der Waals surface area contributed by atoms with Gasteiger partial charge in [0.15, 0.2) is 12.6 Å². The molecule has 2 saturated heterocycles. The third-order valence-corrected chi connectivity index (χ3v) is 6.69. The fraction of sp³-hybridized carbons (Fsp3) is 0.947. The number of hydrogen-bond donors (Lipinski definition) is 11. The fourth-order valence-electron chi connectivity index (χ4n) is 4.63. The van der Waals surface area contributed by atoms with Gasteiger partial charge in [-0.05, 0) is 12.8 Å². The summed E-state index contributed by atoms with van der Waals surface area (Å²) in [6, 6.07) is -3.47. The highest BCUT2D eigenvalue weighted by atomic mass is 16.7. The smallest absolute Gasteiger partial charge is 0.404 e. The first-order chi connectivity index (χ1) is 16.4. The molecule has 2 heterocycles. The third kappa shape index (κ3) is 6.37. The van der Waals surface area contributed by atoms with Crippen LogP contribution in [0.25, 0.3) is 0 Å². The molecule has 0 spiro atoms. The lowest BCUT2D eigenvalue weighted by Gasteiger charge is -2.48. The monoisotopic (exact) mass is 510 g/mol. The lowest BCUT2D eigenvalue weighted by molar-refractivity contribution is -0.311. The minimum absolute atomic E-state index is 0.0323. The number of amides is 1. The highest BCUT2D eigenvalue weighted by Crippen LogP contribution is 2.30. The van der Waals surface area contributed by atoms with Crippen molar-refractivity contribution in [3.63, 3.8) is 0 Å². The summed E-state index contributed by atoms with van der Waals surface area (Å²) in [6.07, 6.45) is -12.7. The Morgan fingerprint density at radius 2 is 1.40 bits per heavy atom. The van der Waals surface area contributed by atoms with Gasteiger partial charge in [-0.1, -0.05) is 0 Å². The quantitative estimate of drug-likeness (QED) is 0.152. The van der Waals surface area contributed by atoms with Gasteiger partial charge in [-0.15, -0.1) is 0 Å². The molecule has 204 valence electrons. The molecule has 3 aliphatic rings. The number of nitrogens with one attached hydrogen (secondary N) is 1. The van der Waals surface area contributed by atoms with Crippen LogP contribution in [0.15, 0.2) is 0 Å². The Labute approximate surface area is 201 Å². The highest BCUT2D eigenvalue weighted by molar-refractivity contribution is 5.64. The van der Waals surface area contributed by atoms with Crippen molar-refractivity contribution in [2.24, 2.45) is 28.7 Å². The molecule has 16 N–H and O–H groups in total. The number of aliphatic hydroxyl groups is 4. The predicted octanol–water partition coefficient (Wildman–Crippen LogP) is -6.02. The van der Waals surface area contributed by atoms with Crippen LogP contribution in [0.4, 0.5) is 4.79 Å². The summed E-state index contributed by atoms with van der Waals surface area (Å²) in [6.45, 7) is -0.289. The minimum atomic E-state index is -1.51. The Kier molecular flexibility index (Phi) is 9.60. The molecular weight excluding hydrogens is 472 g/mol. The van der Waals surface area contributed by atoms with Crippen molar-refractivity contribution in [1.29, 1.82) is 0 Å². The molecule has 3 rings (SSSR count). The van der Waals surface area contributed by atoms with Crippen LogP contribution in [0.2, 0.25) is 0 Å². The number of ether oxygens (including phenoxy) is 4. The van der Waals surface area contributed by atoms with Crippen molar-refractivity contribution in [2.75, 3.05) is 13.1 Å². The molecule has 1 amide bonds. The molecule has 1 saturated carbocycles. The Morgan fingerprint density at radius 1 is 0.829 bits per heavy atom. The first-order valence-electron chi connectivity index (χ1n) is 11.5. The number of nitrogens with two attached hydrogens (primary N) is 5. The van der Waals surface area contributed by atoms with Gasteiger partial charge in [-0.3, -0.25) is 0 Å². The van der Waals surface area contributed by atoms with Crippen LogP contribution in [-0.2, 0) is 18.9 Å². The molecule has 0 bridgehead atoms. The highest BCUT2D eigenvalue weighted by Gasteiger charge is 2.50. The second kappa shape index (κ2) is 11.9. The van der Waals surface area contributed by atoms with Crippen LogP contribution in [0.1, 0.15) is 12.8 Å². The van der Waals surface area contributed by atoms with E-state index in [2.05, 4.69) is 5.32 Å². The maximum atomic E-state index is 11.1. The standard InChI is InChI=1S/C19H38N6O10/c20-3-9-8(26)2-7(23)17(32-9)34-15-5(21)1-6(22)16(14(15)29)35-18-13(28)11(24)12(27)10(33-18)4-25-19(30)31/h5-18,25-29H,1-4,20-24H2,(H,30,31)/t5-,6+,7-,8+,9-,10-,11+,12-,13-,14-,15+,16-,17+,18+/m0/s1. The van der Waals surface area contributed by atoms with Crippen molar-refractivity contribution in [2.45, 2.75) is 98.4 Å². The summed E-state index contributed by atoms with van der Waals surface area (Å²) in [5.74, 6) is 0. The number of carboxylic acid groups (broad SMARTS) is 1. The zero-order valence-electron chi connectivity index (χ0n) is 19.1. The summed E-state index contributed by atoms with van der Waals surface area (Å²) < 4.78 is 22.9. The van der Waals surface area contributed by atoms with E-state index in [9.17, 15) is 25.2 Å². The van der Waals surface area contributed by atoms with E-state index in [0.717, 1.165) is 0 Å². The van der Waals surface area contributed by atoms with Gasteiger partial charge in [-0.2, -0.15) is 0 Å². The molecule has 0 unspecified atom stereocenters. The molecule has 14 atom stereocenters. The number of hydrogen-bond acceptors (Lipinski definition) is 14. The summed E-state index contributed by atoms with van der Waals surface area (Å²) in [7, 11) is 0. The van der Waals surface area contributed by atoms with Gasteiger partial charge < -0.3 is 78.5 Å². The maximum absolute atomic E-state index is 11.1. The average molecular weight is 511 g/mol. The van der Waals surface area contributed by atoms with E-state index in [1.54, 1.807) is 0 Å². The molecule has 0 aromatic rings. The van der Waals surface area contributed by atoms with Crippen LogP contribution < -0.4 is 34.0 Å².